The number of hydrogen-bond donors (Lipinski definition) is 2. The van der Waals surface area contributed by atoms with Crippen LogP contribution in [0.5, 0.6) is 0 Å². The summed E-state index contributed by atoms with van der Waals surface area (Å²) in [5.41, 5.74) is 1.13. The molecule has 116 valence electrons. The molecule has 1 aromatic carbocycles. The van der Waals surface area contributed by atoms with Crippen molar-refractivity contribution in [1.82, 2.24) is 5.32 Å². The number of halogens is 1. The van der Waals surface area contributed by atoms with Crippen LogP contribution in [0.3, 0.4) is 0 Å². The Hall–Kier alpha value is -1.91. The molecule has 1 aromatic rings. The van der Waals surface area contributed by atoms with Crippen molar-refractivity contribution in [3.8, 4) is 0 Å². The summed E-state index contributed by atoms with van der Waals surface area (Å²) in [4.78, 5) is 24.5. The molecule has 0 unspecified atom stereocenters. The first-order chi connectivity index (χ1) is 10.6. The molecule has 0 spiro atoms. The van der Waals surface area contributed by atoms with Crippen molar-refractivity contribution in [3.05, 3.63) is 29.6 Å². The van der Waals surface area contributed by atoms with Crippen LogP contribution in [-0.2, 0) is 9.59 Å². The Morgan fingerprint density at radius 3 is 2.55 bits per heavy atom. The monoisotopic (exact) mass is 302 g/mol. The van der Waals surface area contributed by atoms with Crippen LogP contribution < -0.4 is 10.6 Å². The molecule has 2 saturated carbocycles. The SMILES string of the molecule is O=C1C[C@H](C(=O)NC(C2CC2)C2CC2)c2ccc(F)cc2N1. The van der Waals surface area contributed by atoms with Crippen LogP contribution in [0.25, 0.3) is 0 Å². The Bertz CT molecular complexity index is 626. The summed E-state index contributed by atoms with van der Waals surface area (Å²) in [5.74, 6) is -0.0134. The quantitative estimate of drug-likeness (QED) is 0.898. The number of amides is 2. The molecular weight excluding hydrogens is 283 g/mol. The average molecular weight is 302 g/mol. The fourth-order valence-corrected chi connectivity index (χ4v) is 3.47. The van der Waals surface area contributed by atoms with Gasteiger partial charge in [0.25, 0.3) is 0 Å². The number of benzene rings is 1. The molecule has 1 aliphatic heterocycles. The van der Waals surface area contributed by atoms with Crippen LogP contribution >= 0.6 is 0 Å². The summed E-state index contributed by atoms with van der Waals surface area (Å²) in [6.07, 6.45) is 4.89. The van der Waals surface area contributed by atoms with Gasteiger partial charge in [0.15, 0.2) is 0 Å². The van der Waals surface area contributed by atoms with Crippen LogP contribution in [0, 0.1) is 17.7 Å². The van der Waals surface area contributed by atoms with Crippen LogP contribution in [-0.4, -0.2) is 17.9 Å². The molecule has 22 heavy (non-hydrogen) atoms. The molecule has 1 atom stereocenters. The van der Waals surface area contributed by atoms with Crippen LogP contribution in [0.15, 0.2) is 18.2 Å². The van der Waals surface area contributed by atoms with E-state index in [1.165, 1.54) is 37.8 Å². The largest absolute Gasteiger partial charge is 0.352 e. The van der Waals surface area contributed by atoms with Crippen molar-refractivity contribution in [2.75, 3.05) is 5.32 Å². The molecule has 2 amide bonds. The zero-order valence-electron chi connectivity index (χ0n) is 12.3. The summed E-state index contributed by atoms with van der Waals surface area (Å²) in [5, 5.41) is 5.82. The lowest BCUT2D eigenvalue weighted by molar-refractivity contribution is -0.127. The standard InChI is InChI=1S/C17H19FN2O2/c18-11-5-6-12-13(8-15(21)19-14(12)7-11)17(22)20-16(9-1-2-9)10-3-4-10/h5-7,9-10,13,16H,1-4,8H2,(H,19,21)(H,20,22)/t13-/m0/s1. The zero-order valence-corrected chi connectivity index (χ0v) is 12.3. The molecule has 2 fully saturated rings. The minimum absolute atomic E-state index is 0.0912. The maximum Gasteiger partial charge on any atom is 0.228 e. The number of carbonyl (C=O) groups is 2. The maximum atomic E-state index is 13.3. The van der Waals surface area contributed by atoms with Crippen molar-refractivity contribution in [1.29, 1.82) is 0 Å². The first kappa shape index (κ1) is 13.7. The van der Waals surface area contributed by atoms with Gasteiger partial charge in [0, 0.05) is 18.2 Å². The smallest absolute Gasteiger partial charge is 0.228 e. The highest BCUT2D eigenvalue weighted by atomic mass is 19.1. The van der Waals surface area contributed by atoms with Crippen LogP contribution in [0.4, 0.5) is 10.1 Å². The predicted molar refractivity (Wildman–Crippen MR) is 79.8 cm³/mol. The second-order valence-electron chi connectivity index (χ2n) is 6.75. The first-order valence-electron chi connectivity index (χ1n) is 8.01. The fourth-order valence-electron chi connectivity index (χ4n) is 3.47. The van der Waals surface area contributed by atoms with Crippen molar-refractivity contribution in [2.45, 2.75) is 44.1 Å². The minimum Gasteiger partial charge on any atom is -0.352 e. The summed E-state index contributed by atoms with van der Waals surface area (Å²) in [6.45, 7) is 0. The van der Waals surface area contributed by atoms with E-state index in [4.69, 9.17) is 0 Å². The van der Waals surface area contributed by atoms with E-state index in [9.17, 15) is 14.0 Å². The third kappa shape index (κ3) is 2.60. The molecule has 0 bridgehead atoms. The number of nitrogens with one attached hydrogen (secondary N) is 2. The Labute approximate surface area is 128 Å². The second kappa shape index (κ2) is 5.07. The molecule has 4 nitrogen and oxygen atoms in total. The number of carbonyl (C=O) groups excluding carboxylic acids is 2. The Kier molecular flexibility index (Phi) is 3.17. The number of hydrogen-bond acceptors (Lipinski definition) is 2. The topological polar surface area (TPSA) is 58.2 Å². The number of anilines is 1. The summed E-state index contributed by atoms with van der Waals surface area (Å²) in [7, 11) is 0. The van der Waals surface area contributed by atoms with Crippen molar-refractivity contribution in [2.24, 2.45) is 11.8 Å². The molecular formula is C17H19FN2O2. The maximum absolute atomic E-state index is 13.3. The molecule has 2 N–H and O–H groups in total. The van der Waals surface area contributed by atoms with E-state index in [2.05, 4.69) is 10.6 Å². The molecule has 3 aliphatic rings. The molecule has 0 aromatic heterocycles. The van der Waals surface area contributed by atoms with Gasteiger partial charge in [-0.2, -0.15) is 0 Å². The van der Waals surface area contributed by atoms with E-state index >= 15 is 0 Å². The normalized spacial score (nSPS) is 23.9. The highest BCUT2D eigenvalue weighted by Crippen LogP contribution is 2.45. The van der Waals surface area contributed by atoms with Crippen molar-refractivity contribution >= 4 is 17.5 Å². The minimum atomic E-state index is -0.510. The van der Waals surface area contributed by atoms with Gasteiger partial charge in [-0.1, -0.05) is 6.07 Å². The fraction of sp³-hybridized carbons (Fsp3) is 0.529. The summed E-state index contributed by atoms with van der Waals surface area (Å²) in [6, 6.07) is 4.50. The number of rotatable bonds is 4. The van der Waals surface area contributed by atoms with E-state index in [0.29, 0.717) is 23.1 Å². The van der Waals surface area contributed by atoms with Crippen molar-refractivity contribution in [3.63, 3.8) is 0 Å². The third-order valence-corrected chi connectivity index (χ3v) is 4.94. The lowest BCUT2D eigenvalue weighted by Gasteiger charge is -2.27. The number of fused-ring (bicyclic) bond motifs is 1. The zero-order chi connectivity index (χ0) is 15.3. The first-order valence-corrected chi connectivity index (χ1v) is 8.01. The van der Waals surface area contributed by atoms with Crippen molar-refractivity contribution < 1.29 is 14.0 Å². The van der Waals surface area contributed by atoms with Gasteiger partial charge >= 0.3 is 0 Å². The predicted octanol–water partition coefficient (Wildman–Crippen LogP) is 2.56. The van der Waals surface area contributed by atoms with E-state index in [1.54, 1.807) is 6.07 Å². The van der Waals surface area contributed by atoms with E-state index < -0.39 is 11.7 Å². The van der Waals surface area contributed by atoms with E-state index in [0.717, 1.165) is 0 Å². The molecule has 4 rings (SSSR count). The average Bonchev–Trinajstić information content (AvgIpc) is 3.37. The van der Waals surface area contributed by atoms with Gasteiger partial charge in [0.1, 0.15) is 5.82 Å². The molecule has 0 radical (unpaired) electrons. The lowest BCUT2D eigenvalue weighted by Crippen LogP contribution is -2.42. The molecule has 0 saturated heterocycles. The molecule has 5 heteroatoms. The van der Waals surface area contributed by atoms with Gasteiger partial charge in [-0.05, 0) is 55.2 Å². The Morgan fingerprint density at radius 2 is 1.91 bits per heavy atom. The highest BCUT2D eigenvalue weighted by Gasteiger charge is 2.43. The van der Waals surface area contributed by atoms with Gasteiger partial charge in [0.2, 0.25) is 11.8 Å². The summed E-state index contributed by atoms with van der Waals surface area (Å²) >= 11 is 0. The van der Waals surface area contributed by atoms with Gasteiger partial charge in [0.05, 0.1) is 5.92 Å². The van der Waals surface area contributed by atoms with Gasteiger partial charge in [-0.3, -0.25) is 9.59 Å². The van der Waals surface area contributed by atoms with Gasteiger partial charge in [-0.25, -0.2) is 4.39 Å². The summed E-state index contributed by atoms with van der Waals surface area (Å²) < 4.78 is 13.3. The van der Waals surface area contributed by atoms with Gasteiger partial charge < -0.3 is 10.6 Å². The second-order valence-corrected chi connectivity index (χ2v) is 6.75. The van der Waals surface area contributed by atoms with Gasteiger partial charge in [-0.15, -0.1) is 0 Å². The van der Waals surface area contributed by atoms with Crippen LogP contribution in [0.1, 0.15) is 43.6 Å². The van der Waals surface area contributed by atoms with E-state index in [-0.39, 0.29) is 24.3 Å². The van der Waals surface area contributed by atoms with E-state index in [1.807, 2.05) is 0 Å². The Morgan fingerprint density at radius 1 is 1.23 bits per heavy atom. The molecule has 2 aliphatic carbocycles. The highest BCUT2D eigenvalue weighted by molar-refractivity contribution is 6.01. The Balaban J connectivity index is 1.56. The third-order valence-electron chi connectivity index (χ3n) is 4.94. The van der Waals surface area contributed by atoms with Crippen LogP contribution in [0.2, 0.25) is 0 Å². The molecule has 1 heterocycles. The lowest BCUT2D eigenvalue weighted by atomic mass is 9.89.